The summed E-state index contributed by atoms with van der Waals surface area (Å²) in [6.07, 6.45) is 1.12. The molecular weight excluding hydrogens is 329 g/mol. The van der Waals surface area contributed by atoms with Gasteiger partial charge in [0.15, 0.2) is 0 Å². The highest BCUT2D eigenvalue weighted by Crippen LogP contribution is 2.12. The second kappa shape index (κ2) is 5.66. The monoisotopic (exact) mass is 341 g/mol. The summed E-state index contributed by atoms with van der Waals surface area (Å²) in [6.45, 7) is 0.610. The topological polar surface area (TPSA) is 55.4 Å². The van der Waals surface area contributed by atoms with E-state index in [1.807, 2.05) is 24.3 Å². The van der Waals surface area contributed by atoms with Crippen LogP contribution in [0.2, 0.25) is 0 Å². The number of sulfonamides is 1. The molecule has 0 saturated heterocycles. The lowest BCUT2D eigenvalue weighted by Crippen LogP contribution is -2.26. The molecule has 0 unspecified atom stereocenters. The van der Waals surface area contributed by atoms with Crippen molar-refractivity contribution in [1.82, 2.24) is 4.72 Å². The van der Waals surface area contributed by atoms with Crippen molar-refractivity contribution >= 4 is 32.6 Å². The zero-order chi connectivity index (χ0) is 11.3. The molecule has 0 spiro atoms. The van der Waals surface area contributed by atoms with Crippen LogP contribution in [0.25, 0.3) is 0 Å². The van der Waals surface area contributed by atoms with E-state index in [0.29, 0.717) is 6.61 Å². The van der Waals surface area contributed by atoms with Gasteiger partial charge in [-0.15, -0.1) is 0 Å². The van der Waals surface area contributed by atoms with Gasteiger partial charge in [0.05, 0.1) is 6.26 Å². The van der Waals surface area contributed by atoms with Gasteiger partial charge in [0.25, 0.3) is 0 Å². The minimum absolute atomic E-state index is 0.283. The van der Waals surface area contributed by atoms with Crippen molar-refractivity contribution in [3.8, 4) is 5.75 Å². The summed E-state index contributed by atoms with van der Waals surface area (Å²) >= 11 is 2.20. The summed E-state index contributed by atoms with van der Waals surface area (Å²) in [7, 11) is -3.12. The van der Waals surface area contributed by atoms with E-state index in [9.17, 15) is 8.42 Å². The van der Waals surface area contributed by atoms with Gasteiger partial charge in [-0.1, -0.05) is 0 Å². The molecule has 15 heavy (non-hydrogen) atoms. The lowest BCUT2D eigenvalue weighted by atomic mass is 10.3. The average Bonchev–Trinajstić information content (AvgIpc) is 2.14. The van der Waals surface area contributed by atoms with Crippen molar-refractivity contribution in [2.45, 2.75) is 0 Å². The first-order valence-corrected chi connectivity index (χ1v) is 7.27. The quantitative estimate of drug-likeness (QED) is 0.647. The van der Waals surface area contributed by atoms with Crippen LogP contribution in [0.15, 0.2) is 24.3 Å². The molecule has 6 heteroatoms. The number of benzene rings is 1. The summed E-state index contributed by atoms with van der Waals surface area (Å²) in [5, 5.41) is 0. The van der Waals surface area contributed by atoms with E-state index < -0.39 is 10.0 Å². The predicted molar refractivity (Wildman–Crippen MR) is 67.5 cm³/mol. The van der Waals surface area contributed by atoms with Crippen LogP contribution in [0, 0.1) is 3.57 Å². The van der Waals surface area contributed by atoms with Gasteiger partial charge in [-0.05, 0) is 46.9 Å². The van der Waals surface area contributed by atoms with Crippen LogP contribution in [0.1, 0.15) is 0 Å². The van der Waals surface area contributed by atoms with Crippen LogP contribution in [-0.4, -0.2) is 27.8 Å². The normalized spacial score (nSPS) is 11.3. The van der Waals surface area contributed by atoms with Crippen molar-refractivity contribution in [3.63, 3.8) is 0 Å². The zero-order valence-corrected chi connectivity index (χ0v) is 11.2. The van der Waals surface area contributed by atoms with Gasteiger partial charge in [-0.25, -0.2) is 13.1 Å². The third-order valence-corrected chi connectivity index (χ3v) is 3.00. The molecule has 1 aromatic rings. The van der Waals surface area contributed by atoms with E-state index in [2.05, 4.69) is 27.3 Å². The number of rotatable bonds is 5. The van der Waals surface area contributed by atoms with Gasteiger partial charge in [-0.3, -0.25) is 0 Å². The maximum Gasteiger partial charge on any atom is 0.208 e. The molecular formula is C9H12INO3S. The predicted octanol–water partition coefficient (Wildman–Crippen LogP) is 1.22. The molecule has 4 nitrogen and oxygen atoms in total. The summed E-state index contributed by atoms with van der Waals surface area (Å²) in [4.78, 5) is 0. The van der Waals surface area contributed by atoms with E-state index in [1.54, 1.807) is 0 Å². The van der Waals surface area contributed by atoms with E-state index in [4.69, 9.17) is 4.74 Å². The average molecular weight is 341 g/mol. The second-order valence-electron chi connectivity index (χ2n) is 2.97. The first-order chi connectivity index (χ1) is 6.97. The smallest absolute Gasteiger partial charge is 0.208 e. The number of ether oxygens (including phenoxy) is 1. The molecule has 1 rings (SSSR count). The number of halogens is 1. The highest BCUT2D eigenvalue weighted by Gasteiger charge is 1.99. The molecule has 0 aliphatic rings. The fourth-order valence-corrected chi connectivity index (χ4v) is 1.74. The Bertz CT molecular complexity index is 402. The largest absolute Gasteiger partial charge is 0.492 e. The number of nitrogens with one attached hydrogen (secondary N) is 1. The summed E-state index contributed by atoms with van der Waals surface area (Å²) in [6, 6.07) is 7.56. The lowest BCUT2D eigenvalue weighted by molar-refractivity contribution is 0.323. The SMILES string of the molecule is CS(=O)(=O)NCCOc1ccc(I)cc1. The Morgan fingerprint density at radius 3 is 2.47 bits per heavy atom. The molecule has 1 N–H and O–H groups in total. The fraction of sp³-hybridized carbons (Fsp3) is 0.333. The molecule has 0 heterocycles. The van der Waals surface area contributed by atoms with Gasteiger partial charge in [0, 0.05) is 10.1 Å². The molecule has 0 aliphatic carbocycles. The Hall–Kier alpha value is -0.340. The van der Waals surface area contributed by atoms with E-state index in [1.165, 1.54) is 0 Å². The van der Waals surface area contributed by atoms with Crippen molar-refractivity contribution in [2.24, 2.45) is 0 Å². The van der Waals surface area contributed by atoms with Gasteiger partial charge < -0.3 is 4.74 Å². The van der Waals surface area contributed by atoms with Crippen LogP contribution >= 0.6 is 22.6 Å². The molecule has 0 bridgehead atoms. The van der Waals surface area contributed by atoms with Crippen molar-refractivity contribution < 1.29 is 13.2 Å². The molecule has 1 aromatic carbocycles. The Morgan fingerprint density at radius 2 is 1.93 bits per heavy atom. The minimum atomic E-state index is -3.12. The Labute approximate surface area is 103 Å². The maximum atomic E-state index is 10.7. The molecule has 84 valence electrons. The molecule has 0 amide bonds. The van der Waals surface area contributed by atoms with Gasteiger partial charge in [0.1, 0.15) is 12.4 Å². The molecule has 0 fully saturated rings. The first-order valence-electron chi connectivity index (χ1n) is 4.30. The third kappa shape index (κ3) is 5.95. The number of hydrogen-bond acceptors (Lipinski definition) is 3. The minimum Gasteiger partial charge on any atom is -0.492 e. The summed E-state index contributed by atoms with van der Waals surface area (Å²) in [5.41, 5.74) is 0. The Morgan fingerprint density at radius 1 is 1.33 bits per heavy atom. The molecule has 0 radical (unpaired) electrons. The van der Waals surface area contributed by atoms with Crippen LogP contribution in [0.5, 0.6) is 5.75 Å². The molecule has 0 atom stereocenters. The Kier molecular flexibility index (Phi) is 4.81. The van der Waals surface area contributed by atoms with Crippen molar-refractivity contribution in [3.05, 3.63) is 27.8 Å². The van der Waals surface area contributed by atoms with Crippen LogP contribution in [-0.2, 0) is 10.0 Å². The molecule has 0 aliphatic heterocycles. The van der Waals surface area contributed by atoms with Crippen LogP contribution < -0.4 is 9.46 Å². The maximum absolute atomic E-state index is 10.7. The van der Waals surface area contributed by atoms with E-state index in [-0.39, 0.29) is 6.54 Å². The second-order valence-corrected chi connectivity index (χ2v) is 6.05. The van der Waals surface area contributed by atoms with Gasteiger partial charge in [-0.2, -0.15) is 0 Å². The Balaban J connectivity index is 2.29. The van der Waals surface area contributed by atoms with Crippen molar-refractivity contribution in [2.75, 3.05) is 19.4 Å². The van der Waals surface area contributed by atoms with Crippen molar-refractivity contribution in [1.29, 1.82) is 0 Å². The highest BCUT2D eigenvalue weighted by molar-refractivity contribution is 14.1. The standard InChI is InChI=1S/C9H12INO3S/c1-15(12,13)11-6-7-14-9-4-2-8(10)3-5-9/h2-5,11H,6-7H2,1H3. The van der Waals surface area contributed by atoms with E-state index in [0.717, 1.165) is 15.6 Å². The van der Waals surface area contributed by atoms with Crippen LogP contribution in [0.3, 0.4) is 0 Å². The highest BCUT2D eigenvalue weighted by atomic mass is 127. The third-order valence-electron chi connectivity index (χ3n) is 1.55. The van der Waals surface area contributed by atoms with Gasteiger partial charge >= 0.3 is 0 Å². The van der Waals surface area contributed by atoms with Crippen LogP contribution in [0.4, 0.5) is 0 Å². The molecule has 0 saturated carbocycles. The fourth-order valence-electron chi connectivity index (χ4n) is 0.927. The number of hydrogen-bond donors (Lipinski definition) is 1. The van der Waals surface area contributed by atoms with E-state index >= 15 is 0 Å². The van der Waals surface area contributed by atoms with Gasteiger partial charge in [0.2, 0.25) is 10.0 Å². The summed E-state index contributed by atoms with van der Waals surface area (Å²) < 4.78 is 30.2. The molecule has 0 aromatic heterocycles. The first kappa shape index (κ1) is 12.7. The lowest BCUT2D eigenvalue weighted by Gasteiger charge is -2.06. The zero-order valence-electron chi connectivity index (χ0n) is 8.23. The summed E-state index contributed by atoms with van der Waals surface area (Å²) in [5.74, 6) is 0.741.